The van der Waals surface area contributed by atoms with Crippen molar-refractivity contribution in [2.24, 2.45) is 0 Å². The van der Waals surface area contributed by atoms with Gasteiger partial charge in [0, 0.05) is 39.5 Å². The predicted octanol–water partition coefficient (Wildman–Crippen LogP) is 8.40. The molecule has 0 radical (unpaired) electrons. The maximum Gasteiger partial charge on any atom is 0.264 e. The molecule has 0 heterocycles. The number of rotatable bonds is 15. The normalized spacial score (nSPS) is 14.0. The van der Waals surface area contributed by atoms with Gasteiger partial charge in [-0.2, -0.15) is 0 Å². The molecule has 0 aliphatic heterocycles. The highest BCUT2D eigenvalue weighted by Gasteiger charge is 2.36. The van der Waals surface area contributed by atoms with Gasteiger partial charge in [0.2, 0.25) is 11.8 Å². The molecular weight excluding hydrogens is 725 g/mol. The summed E-state index contributed by atoms with van der Waals surface area (Å²) in [5, 5.41) is 3.87. The molecule has 0 aromatic heterocycles. The number of halogens is 2. The largest absolute Gasteiger partial charge is 0.494 e. The van der Waals surface area contributed by atoms with E-state index in [0.717, 1.165) is 46.9 Å². The number of nitrogens with one attached hydrogen (secondary N) is 1. The Morgan fingerprint density at radius 3 is 2.14 bits per heavy atom. The minimum Gasteiger partial charge on any atom is -0.494 e. The molecule has 0 spiro atoms. The van der Waals surface area contributed by atoms with Gasteiger partial charge in [-0.25, -0.2) is 8.42 Å². The average Bonchev–Trinajstić information content (AvgIpc) is 3.14. The van der Waals surface area contributed by atoms with Crippen molar-refractivity contribution in [3.05, 3.63) is 118 Å². The molecule has 2 amide bonds. The number of carbonyl (C=O) groups is 2. The SMILES string of the molecule is CCOc1ccc(N(CC(=O)N(Cc2c(Cl)cccc2Cl)[C@H](Cc2ccccc2)C(=O)NC2CCCCC2)S(=O)(=O)c2ccc(SC)cc2)cc1. The summed E-state index contributed by atoms with van der Waals surface area (Å²) in [4.78, 5) is 31.5. The first-order valence-electron chi connectivity index (χ1n) is 17.1. The predicted molar refractivity (Wildman–Crippen MR) is 206 cm³/mol. The quantitative estimate of drug-likeness (QED) is 0.122. The van der Waals surface area contributed by atoms with Crippen LogP contribution in [-0.4, -0.2) is 56.6 Å². The van der Waals surface area contributed by atoms with Crippen molar-refractivity contribution >= 4 is 62.5 Å². The highest BCUT2D eigenvalue weighted by molar-refractivity contribution is 7.98. The van der Waals surface area contributed by atoms with Gasteiger partial charge >= 0.3 is 0 Å². The van der Waals surface area contributed by atoms with E-state index in [-0.39, 0.29) is 35.5 Å². The van der Waals surface area contributed by atoms with Crippen molar-refractivity contribution in [3.63, 3.8) is 0 Å². The second-order valence-corrected chi connectivity index (χ2v) is 15.9. The van der Waals surface area contributed by atoms with Crippen molar-refractivity contribution < 1.29 is 22.7 Å². The van der Waals surface area contributed by atoms with Crippen molar-refractivity contribution in [2.45, 2.75) is 73.9 Å². The van der Waals surface area contributed by atoms with Gasteiger partial charge in [0.05, 0.1) is 17.2 Å². The molecule has 0 unspecified atom stereocenters. The van der Waals surface area contributed by atoms with Crippen LogP contribution in [0.1, 0.15) is 50.2 Å². The van der Waals surface area contributed by atoms with Crippen LogP contribution in [0.5, 0.6) is 5.75 Å². The smallest absolute Gasteiger partial charge is 0.264 e. The molecule has 1 saturated carbocycles. The number of thioether (sulfide) groups is 1. The van der Waals surface area contributed by atoms with E-state index in [0.29, 0.717) is 28.0 Å². The highest BCUT2D eigenvalue weighted by Crippen LogP contribution is 2.31. The lowest BCUT2D eigenvalue weighted by Crippen LogP contribution is -2.55. The molecule has 1 aliphatic carbocycles. The Bertz CT molecular complexity index is 1850. The number of anilines is 1. The van der Waals surface area contributed by atoms with Crippen LogP contribution in [-0.2, 0) is 32.6 Å². The zero-order valence-corrected chi connectivity index (χ0v) is 31.9. The Labute approximate surface area is 315 Å². The van der Waals surface area contributed by atoms with Crippen LogP contribution in [0.15, 0.2) is 107 Å². The Kier molecular flexibility index (Phi) is 13.7. The minimum atomic E-state index is -4.27. The summed E-state index contributed by atoms with van der Waals surface area (Å²) < 4.78 is 35.5. The molecular formula is C39H43Cl2N3O5S2. The first-order chi connectivity index (χ1) is 24.6. The standard InChI is InChI=1S/C39H43Cl2N3O5S2/c1-3-49-31-19-17-30(18-20-31)44(51(47,48)33-23-21-32(50-2)22-24-33)27-38(45)43(26-34-35(40)15-10-16-36(34)41)37(25-28-11-6-4-7-12-28)39(46)42-29-13-8-5-9-14-29/h4,6-7,10-12,15-24,29,37H,3,5,8-9,13-14,25-27H2,1-2H3,(H,42,46)/t37-/m1/s1. The second kappa shape index (κ2) is 18.2. The fourth-order valence-corrected chi connectivity index (χ4v) is 8.57. The lowest BCUT2D eigenvalue weighted by Gasteiger charge is -2.35. The van der Waals surface area contributed by atoms with Crippen molar-refractivity contribution in [1.82, 2.24) is 10.2 Å². The van der Waals surface area contributed by atoms with Gasteiger partial charge in [-0.15, -0.1) is 11.8 Å². The zero-order valence-electron chi connectivity index (χ0n) is 28.8. The minimum absolute atomic E-state index is 0.0182. The third-order valence-electron chi connectivity index (χ3n) is 8.97. The first-order valence-corrected chi connectivity index (χ1v) is 20.5. The molecule has 0 saturated heterocycles. The van der Waals surface area contributed by atoms with Crippen LogP contribution in [0.3, 0.4) is 0 Å². The molecule has 4 aromatic rings. The Morgan fingerprint density at radius 1 is 0.882 bits per heavy atom. The van der Waals surface area contributed by atoms with E-state index in [1.165, 1.54) is 28.8 Å². The molecule has 8 nitrogen and oxygen atoms in total. The second-order valence-electron chi connectivity index (χ2n) is 12.4. The van der Waals surface area contributed by atoms with Crippen LogP contribution in [0.2, 0.25) is 10.0 Å². The Morgan fingerprint density at radius 2 is 1.53 bits per heavy atom. The summed E-state index contributed by atoms with van der Waals surface area (Å²) >= 11 is 14.8. The maximum absolute atomic E-state index is 14.9. The molecule has 1 atom stereocenters. The molecule has 4 aromatic carbocycles. The molecule has 51 heavy (non-hydrogen) atoms. The third kappa shape index (κ3) is 10.0. The molecule has 1 aliphatic rings. The van der Waals surface area contributed by atoms with Gasteiger partial charge in [-0.1, -0.05) is 78.9 Å². The monoisotopic (exact) mass is 767 g/mol. The van der Waals surface area contributed by atoms with E-state index in [9.17, 15) is 18.0 Å². The summed E-state index contributed by atoms with van der Waals surface area (Å²) in [6, 6.07) is 26.6. The number of benzene rings is 4. The van der Waals surface area contributed by atoms with Crippen molar-refractivity contribution in [1.29, 1.82) is 0 Å². The highest BCUT2D eigenvalue weighted by atomic mass is 35.5. The molecule has 5 rings (SSSR count). The van der Waals surface area contributed by atoms with Crippen molar-refractivity contribution in [2.75, 3.05) is 23.7 Å². The number of hydrogen-bond donors (Lipinski definition) is 1. The lowest BCUT2D eigenvalue weighted by molar-refractivity contribution is -0.140. The Balaban J connectivity index is 1.59. The first kappa shape index (κ1) is 38.5. The maximum atomic E-state index is 14.9. The van der Waals surface area contributed by atoms with E-state index in [1.54, 1.807) is 54.6 Å². The summed E-state index contributed by atoms with van der Waals surface area (Å²) in [5.74, 6) is -0.346. The van der Waals surface area contributed by atoms with E-state index in [2.05, 4.69) is 5.32 Å². The van der Waals surface area contributed by atoms with Crippen LogP contribution in [0.25, 0.3) is 0 Å². The van der Waals surface area contributed by atoms with Gasteiger partial charge in [-0.05, 0) is 92.2 Å². The fourth-order valence-electron chi connectivity index (χ4n) is 6.23. The number of ether oxygens (including phenoxy) is 1. The van der Waals surface area contributed by atoms with Gasteiger partial charge in [0.25, 0.3) is 10.0 Å². The molecule has 1 fully saturated rings. The average molecular weight is 769 g/mol. The molecule has 270 valence electrons. The van der Waals surface area contributed by atoms with E-state index in [1.807, 2.05) is 43.5 Å². The molecule has 0 bridgehead atoms. The van der Waals surface area contributed by atoms with Gasteiger partial charge in [0.1, 0.15) is 18.3 Å². The lowest BCUT2D eigenvalue weighted by atomic mass is 9.94. The van der Waals surface area contributed by atoms with E-state index >= 15 is 0 Å². The van der Waals surface area contributed by atoms with Gasteiger partial charge < -0.3 is 15.0 Å². The van der Waals surface area contributed by atoms with Crippen LogP contribution in [0.4, 0.5) is 5.69 Å². The van der Waals surface area contributed by atoms with Crippen molar-refractivity contribution in [3.8, 4) is 5.75 Å². The summed E-state index contributed by atoms with van der Waals surface area (Å²) in [6.07, 6.45) is 6.95. The van der Waals surface area contributed by atoms with E-state index < -0.39 is 28.5 Å². The van der Waals surface area contributed by atoms with Crippen LogP contribution >= 0.6 is 35.0 Å². The number of carbonyl (C=O) groups excluding carboxylic acids is 2. The summed E-state index contributed by atoms with van der Waals surface area (Å²) in [5.41, 5.74) is 1.57. The topological polar surface area (TPSA) is 96.0 Å². The summed E-state index contributed by atoms with van der Waals surface area (Å²) in [7, 11) is -4.27. The fraction of sp³-hybridized carbons (Fsp3) is 0.333. The number of nitrogens with zero attached hydrogens (tertiary/aromatic N) is 2. The van der Waals surface area contributed by atoms with Crippen LogP contribution < -0.4 is 14.4 Å². The molecule has 1 N–H and O–H groups in total. The van der Waals surface area contributed by atoms with Gasteiger partial charge in [-0.3, -0.25) is 13.9 Å². The zero-order chi connectivity index (χ0) is 36.4. The number of amides is 2. The Hall–Kier alpha value is -3.70. The number of sulfonamides is 1. The van der Waals surface area contributed by atoms with E-state index in [4.69, 9.17) is 27.9 Å². The molecule has 12 heteroatoms. The third-order valence-corrected chi connectivity index (χ3v) is 12.2. The number of hydrogen-bond acceptors (Lipinski definition) is 6. The summed E-state index contributed by atoms with van der Waals surface area (Å²) in [6.45, 7) is 1.59. The van der Waals surface area contributed by atoms with Crippen LogP contribution in [0, 0.1) is 0 Å². The van der Waals surface area contributed by atoms with Gasteiger partial charge in [0.15, 0.2) is 0 Å².